The van der Waals surface area contributed by atoms with Crippen LogP contribution in [-0.2, 0) is 0 Å². The van der Waals surface area contributed by atoms with E-state index in [2.05, 4.69) is 21.6 Å². The molecule has 0 amide bonds. The normalized spacial score (nSPS) is 11.2. The number of nitrogens with one attached hydrogen (secondary N) is 1. The Morgan fingerprint density at radius 3 is 2.48 bits per heavy atom. The molecule has 1 aromatic heterocycles. The van der Waals surface area contributed by atoms with Crippen molar-refractivity contribution in [1.29, 1.82) is 5.26 Å². The third-order valence-corrected chi connectivity index (χ3v) is 4.60. The predicted molar refractivity (Wildman–Crippen MR) is 105 cm³/mol. The van der Waals surface area contributed by atoms with Gasteiger partial charge in [0.1, 0.15) is 6.07 Å². The van der Waals surface area contributed by atoms with Gasteiger partial charge in [0, 0.05) is 21.0 Å². The Bertz CT molecular complexity index is 951. The molecule has 124 valence electrons. The number of benzene rings is 2. The van der Waals surface area contributed by atoms with Crippen molar-refractivity contribution in [1.82, 2.24) is 4.98 Å². The summed E-state index contributed by atoms with van der Waals surface area (Å²) in [6.45, 7) is 2.03. The first-order valence-corrected chi connectivity index (χ1v) is 8.91. The molecule has 3 aromatic rings. The van der Waals surface area contributed by atoms with Crippen LogP contribution in [0.3, 0.4) is 0 Å². The average Bonchev–Trinajstić information content (AvgIpc) is 3.05. The van der Waals surface area contributed by atoms with Gasteiger partial charge in [0.15, 0.2) is 10.7 Å². The molecule has 7 heteroatoms. The van der Waals surface area contributed by atoms with E-state index in [9.17, 15) is 5.26 Å². The van der Waals surface area contributed by atoms with Crippen LogP contribution in [0.4, 0.5) is 5.69 Å². The highest BCUT2D eigenvalue weighted by atomic mass is 35.5. The molecule has 3 rings (SSSR count). The molecular weight excluding hydrogens is 375 g/mol. The van der Waals surface area contributed by atoms with Crippen LogP contribution in [0.2, 0.25) is 10.0 Å². The number of hydrogen-bond donors (Lipinski definition) is 1. The van der Waals surface area contributed by atoms with Crippen molar-refractivity contribution in [2.75, 3.05) is 5.43 Å². The predicted octanol–water partition coefficient (Wildman–Crippen LogP) is 5.77. The Kier molecular flexibility index (Phi) is 5.34. The molecule has 1 N–H and O–H groups in total. The van der Waals surface area contributed by atoms with Gasteiger partial charge < -0.3 is 0 Å². The lowest BCUT2D eigenvalue weighted by Crippen LogP contribution is -2.01. The number of aryl methyl sites for hydroxylation is 1. The number of thiazole rings is 1. The van der Waals surface area contributed by atoms with Gasteiger partial charge in [-0.25, -0.2) is 4.98 Å². The van der Waals surface area contributed by atoms with Gasteiger partial charge in [-0.15, -0.1) is 11.3 Å². The highest BCUT2D eigenvalue weighted by molar-refractivity contribution is 7.12. The van der Waals surface area contributed by atoms with Crippen molar-refractivity contribution in [3.05, 3.63) is 68.5 Å². The van der Waals surface area contributed by atoms with Crippen molar-refractivity contribution in [3.8, 4) is 17.3 Å². The summed E-state index contributed by atoms with van der Waals surface area (Å²) in [6.07, 6.45) is 0. The second kappa shape index (κ2) is 7.66. The summed E-state index contributed by atoms with van der Waals surface area (Å²) in [4.78, 5) is 4.50. The van der Waals surface area contributed by atoms with Crippen LogP contribution >= 0.6 is 34.5 Å². The van der Waals surface area contributed by atoms with E-state index < -0.39 is 0 Å². The second-order valence-electron chi connectivity index (χ2n) is 5.25. The number of hydrazone groups is 1. The summed E-state index contributed by atoms with van der Waals surface area (Å²) < 4.78 is 0. The molecule has 0 saturated heterocycles. The fourth-order valence-corrected chi connectivity index (χ4v) is 3.39. The van der Waals surface area contributed by atoms with Crippen LogP contribution in [-0.4, -0.2) is 10.7 Å². The van der Waals surface area contributed by atoms with Gasteiger partial charge in [0.25, 0.3) is 0 Å². The molecule has 0 aliphatic carbocycles. The molecular formula is C18H12Cl2N4S. The maximum absolute atomic E-state index is 9.38. The van der Waals surface area contributed by atoms with Crippen LogP contribution in [0.15, 0.2) is 52.9 Å². The molecule has 4 nitrogen and oxygen atoms in total. The zero-order chi connectivity index (χ0) is 17.8. The third kappa shape index (κ3) is 4.37. The van der Waals surface area contributed by atoms with E-state index in [0.29, 0.717) is 20.7 Å². The molecule has 0 bridgehead atoms. The number of anilines is 1. The molecule has 0 saturated carbocycles. The minimum absolute atomic E-state index is 0.194. The summed E-state index contributed by atoms with van der Waals surface area (Å²) in [5, 5.41) is 16.9. The molecule has 0 aliphatic heterocycles. The van der Waals surface area contributed by atoms with Crippen molar-refractivity contribution in [3.63, 3.8) is 0 Å². The lowest BCUT2D eigenvalue weighted by molar-refractivity contribution is 1.31. The molecule has 0 aliphatic rings. The van der Waals surface area contributed by atoms with E-state index in [4.69, 9.17) is 23.2 Å². The highest BCUT2D eigenvalue weighted by Crippen LogP contribution is 2.24. The summed E-state index contributed by atoms with van der Waals surface area (Å²) in [5.41, 5.74) is 6.58. The molecule has 0 fully saturated rings. The summed E-state index contributed by atoms with van der Waals surface area (Å²) in [5.74, 6) is 0. The highest BCUT2D eigenvalue weighted by Gasteiger charge is 2.10. The maximum atomic E-state index is 9.38. The van der Waals surface area contributed by atoms with Gasteiger partial charge in [-0.3, -0.25) is 5.43 Å². The molecule has 0 spiro atoms. The fraction of sp³-hybridized carbons (Fsp3) is 0.0556. The SMILES string of the molecule is Cc1ccc(-c2csc(/C(C#N)=N/Nc3cc(Cl)cc(Cl)c3)n2)cc1. The van der Waals surface area contributed by atoms with Gasteiger partial charge in [0.05, 0.1) is 11.4 Å². The number of rotatable bonds is 4. The topological polar surface area (TPSA) is 61.1 Å². The molecule has 1 heterocycles. The zero-order valence-electron chi connectivity index (χ0n) is 13.1. The summed E-state index contributed by atoms with van der Waals surface area (Å²) in [7, 11) is 0. The molecule has 25 heavy (non-hydrogen) atoms. The van der Waals surface area contributed by atoms with E-state index in [-0.39, 0.29) is 5.71 Å². The zero-order valence-corrected chi connectivity index (χ0v) is 15.5. The summed E-state index contributed by atoms with van der Waals surface area (Å²) in [6, 6.07) is 15.1. The number of nitriles is 1. The lowest BCUT2D eigenvalue weighted by Gasteiger charge is -2.02. The Balaban J connectivity index is 1.84. The van der Waals surface area contributed by atoms with Gasteiger partial charge in [-0.05, 0) is 25.1 Å². The maximum Gasteiger partial charge on any atom is 0.196 e. The van der Waals surface area contributed by atoms with E-state index in [1.807, 2.05) is 36.6 Å². The first-order chi connectivity index (χ1) is 12.0. The van der Waals surface area contributed by atoms with Crippen molar-refractivity contribution < 1.29 is 0 Å². The Morgan fingerprint density at radius 1 is 1.16 bits per heavy atom. The largest absolute Gasteiger partial charge is 0.277 e. The van der Waals surface area contributed by atoms with Crippen LogP contribution in [0.1, 0.15) is 10.6 Å². The van der Waals surface area contributed by atoms with Crippen LogP contribution in [0, 0.1) is 18.3 Å². The quantitative estimate of drug-likeness (QED) is 0.457. The standard InChI is InChI=1S/C18H12Cl2N4S/c1-11-2-4-12(5-3-11)17-10-25-18(22-17)16(9-21)24-23-15-7-13(19)6-14(20)8-15/h2-8,10,23H,1H3/b24-16+. The van der Waals surface area contributed by atoms with Gasteiger partial charge in [0.2, 0.25) is 0 Å². The van der Waals surface area contributed by atoms with E-state index in [0.717, 1.165) is 11.3 Å². The molecule has 0 radical (unpaired) electrons. The molecule has 0 unspecified atom stereocenters. The lowest BCUT2D eigenvalue weighted by atomic mass is 10.1. The van der Waals surface area contributed by atoms with Crippen molar-refractivity contribution >= 4 is 45.9 Å². The number of hydrogen-bond acceptors (Lipinski definition) is 5. The van der Waals surface area contributed by atoms with Gasteiger partial charge >= 0.3 is 0 Å². The van der Waals surface area contributed by atoms with E-state index >= 15 is 0 Å². The molecule has 2 aromatic carbocycles. The monoisotopic (exact) mass is 386 g/mol. The van der Waals surface area contributed by atoms with Gasteiger partial charge in [-0.1, -0.05) is 53.0 Å². The Labute approximate surface area is 159 Å². The Morgan fingerprint density at radius 2 is 1.84 bits per heavy atom. The van der Waals surface area contributed by atoms with Crippen LogP contribution in [0.25, 0.3) is 11.3 Å². The minimum atomic E-state index is 0.194. The summed E-state index contributed by atoms with van der Waals surface area (Å²) >= 11 is 13.3. The van der Waals surface area contributed by atoms with Crippen molar-refractivity contribution in [2.24, 2.45) is 5.10 Å². The van der Waals surface area contributed by atoms with Crippen LogP contribution < -0.4 is 5.43 Å². The first kappa shape index (κ1) is 17.4. The average molecular weight is 387 g/mol. The number of aromatic nitrogens is 1. The smallest absolute Gasteiger partial charge is 0.196 e. The number of halogens is 2. The molecule has 0 atom stereocenters. The fourth-order valence-electron chi connectivity index (χ4n) is 2.10. The van der Waals surface area contributed by atoms with Crippen LogP contribution in [0.5, 0.6) is 0 Å². The van der Waals surface area contributed by atoms with Crippen molar-refractivity contribution in [2.45, 2.75) is 6.92 Å². The number of nitrogens with zero attached hydrogens (tertiary/aromatic N) is 3. The van der Waals surface area contributed by atoms with E-state index in [1.165, 1.54) is 16.9 Å². The third-order valence-electron chi connectivity index (χ3n) is 3.32. The minimum Gasteiger partial charge on any atom is -0.277 e. The first-order valence-electron chi connectivity index (χ1n) is 7.28. The van der Waals surface area contributed by atoms with Gasteiger partial charge in [-0.2, -0.15) is 10.4 Å². The Hall–Kier alpha value is -2.39. The second-order valence-corrected chi connectivity index (χ2v) is 6.98. The van der Waals surface area contributed by atoms with E-state index in [1.54, 1.807) is 18.2 Å².